The van der Waals surface area contributed by atoms with Gasteiger partial charge < -0.3 is 9.67 Å². The summed E-state index contributed by atoms with van der Waals surface area (Å²) < 4.78 is 2.03. The molecular formula is C20H21N3OS. The molecule has 1 fully saturated rings. The topological polar surface area (TPSA) is 49.9 Å². The molecule has 0 radical (unpaired) electrons. The fourth-order valence-electron chi connectivity index (χ4n) is 3.17. The molecule has 2 heterocycles. The summed E-state index contributed by atoms with van der Waals surface area (Å²) in [7, 11) is 0. The maximum atomic E-state index is 10.9. The molecule has 2 aromatic carbocycles. The highest BCUT2D eigenvalue weighted by Gasteiger charge is 2.27. The van der Waals surface area contributed by atoms with Crippen LogP contribution < -0.4 is 0 Å². The Morgan fingerprint density at radius 3 is 2.64 bits per heavy atom. The fourth-order valence-corrected chi connectivity index (χ4v) is 3.92. The van der Waals surface area contributed by atoms with Crippen molar-refractivity contribution in [3.63, 3.8) is 0 Å². The van der Waals surface area contributed by atoms with Crippen molar-refractivity contribution < 1.29 is 5.11 Å². The summed E-state index contributed by atoms with van der Waals surface area (Å²) in [4.78, 5) is 0. The summed E-state index contributed by atoms with van der Waals surface area (Å²) >= 11 is 1.90. The molecule has 128 valence electrons. The van der Waals surface area contributed by atoms with E-state index in [4.69, 9.17) is 0 Å². The fraction of sp³-hybridized carbons (Fsp3) is 0.300. The molecule has 0 atom stereocenters. The van der Waals surface area contributed by atoms with Gasteiger partial charge in [0.25, 0.3) is 0 Å². The molecule has 0 amide bonds. The number of hydrogen-bond acceptors (Lipinski definition) is 4. The second kappa shape index (κ2) is 6.56. The first kappa shape index (κ1) is 16.2. The molecule has 1 aliphatic rings. The molecule has 0 aliphatic carbocycles. The Hall–Kier alpha value is -2.27. The molecule has 1 N–H and O–H groups in total. The smallest absolute Gasteiger partial charge is 0.221 e. The molecule has 1 aromatic heterocycles. The van der Waals surface area contributed by atoms with Crippen LogP contribution in [0.2, 0.25) is 0 Å². The summed E-state index contributed by atoms with van der Waals surface area (Å²) in [5.41, 5.74) is 4.75. The van der Waals surface area contributed by atoms with Gasteiger partial charge >= 0.3 is 0 Å². The Labute approximate surface area is 151 Å². The summed E-state index contributed by atoms with van der Waals surface area (Å²) in [5, 5.41) is 20.7. The van der Waals surface area contributed by atoms with Gasteiger partial charge in [-0.25, -0.2) is 0 Å². The number of rotatable bonds is 4. The number of aryl methyl sites for hydroxylation is 2. The molecule has 5 heteroatoms. The van der Waals surface area contributed by atoms with Gasteiger partial charge in [0.1, 0.15) is 0 Å². The summed E-state index contributed by atoms with van der Waals surface area (Å²) in [6.45, 7) is 4.15. The number of nitrogens with zero attached hydrogens (tertiary/aromatic N) is 3. The van der Waals surface area contributed by atoms with Crippen LogP contribution in [0.4, 0.5) is 11.4 Å². The van der Waals surface area contributed by atoms with Crippen molar-refractivity contribution in [3.8, 4) is 5.88 Å². The third kappa shape index (κ3) is 2.82. The first-order valence-corrected chi connectivity index (χ1v) is 9.75. The average Bonchev–Trinajstić information content (AvgIpc) is 2.84. The Morgan fingerprint density at radius 2 is 1.96 bits per heavy atom. The van der Waals surface area contributed by atoms with Crippen molar-refractivity contribution in [2.75, 3.05) is 11.5 Å². The van der Waals surface area contributed by atoms with E-state index in [9.17, 15) is 5.11 Å². The van der Waals surface area contributed by atoms with Crippen molar-refractivity contribution in [2.24, 2.45) is 10.2 Å². The lowest BCUT2D eigenvalue weighted by molar-refractivity contribution is 0.406. The lowest BCUT2D eigenvalue weighted by Gasteiger charge is -2.27. The SMILES string of the molecule is CCc1ccc2c(c1)c(N=Nc1ccccc1C)c(O)n2C1CSC1. The van der Waals surface area contributed by atoms with Crippen molar-refractivity contribution in [1.29, 1.82) is 0 Å². The Balaban J connectivity index is 1.87. The Kier molecular flexibility index (Phi) is 4.25. The van der Waals surface area contributed by atoms with Crippen molar-refractivity contribution in [1.82, 2.24) is 4.57 Å². The van der Waals surface area contributed by atoms with Gasteiger partial charge in [-0.1, -0.05) is 31.2 Å². The van der Waals surface area contributed by atoms with E-state index in [0.717, 1.165) is 40.1 Å². The molecule has 1 aliphatic heterocycles. The number of aromatic nitrogens is 1. The predicted molar refractivity (Wildman–Crippen MR) is 105 cm³/mol. The number of benzene rings is 2. The second-order valence-electron chi connectivity index (χ2n) is 6.43. The number of thioether (sulfide) groups is 1. The third-order valence-electron chi connectivity index (χ3n) is 4.78. The second-order valence-corrected chi connectivity index (χ2v) is 7.50. The minimum atomic E-state index is 0.228. The Bertz CT molecular complexity index is 957. The third-order valence-corrected chi connectivity index (χ3v) is 6.02. The van der Waals surface area contributed by atoms with Gasteiger partial charge in [0.15, 0.2) is 5.69 Å². The van der Waals surface area contributed by atoms with Gasteiger partial charge in [-0.3, -0.25) is 0 Å². The van der Waals surface area contributed by atoms with E-state index in [-0.39, 0.29) is 5.88 Å². The van der Waals surface area contributed by atoms with Crippen LogP contribution in [0.3, 0.4) is 0 Å². The standard InChI is InChI=1S/C20H21N3OS/c1-3-14-8-9-18-16(10-14)19(20(24)23(18)15-11-25-12-15)22-21-17-7-5-4-6-13(17)2/h4-10,15,24H,3,11-12H2,1-2H3. The average molecular weight is 351 g/mol. The van der Waals surface area contributed by atoms with Crippen molar-refractivity contribution in [3.05, 3.63) is 53.6 Å². The molecule has 0 saturated carbocycles. The van der Waals surface area contributed by atoms with Gasteiger partial charge in [0.2, 0.25) is 5.88 Å². The quantitative estimate of drug-likeness (QED) is 0.593. The summed E-state index contributed by atoms with van der Waals surface area (Å²) in [6, 6.07) is 14.6. The van der Waals surface area contributed by atoms with Gasteiger partial charge in [-0.2, -0.15) is 16.9 Å². The highest BCUT2D eigenvalue weighted by Crippen LogP contribution is 2.45. The van der Waals surface area contributed by atoms with Crippen LogP contribution in [0.25, 0.3) is 10.9 Å². The first-order valence-electron chi connectivity index (χ1n) is 8.60. The number of aromatic hydroxyl groups is 1. The van der Waals surface area contributed by atoms with E-state index >= 15 is 0 Å². The molecule has 25 heavy (non-hydrogen) atoms. The lowest BCUT2D eigenvalue weighted by Crippen LogP contribution is -2.22. The van der Waals surface area contributed by atoms with Crippen LogP contribution >= 0.6 is 11.8 Å². The van der Waals surface area contributed by atoms with Gasteiger partial charge in [0, 0.05) is 16.9 Å². The number of hydrogen-bond donors (Lipinski definition) is 1. The molecular weight excluding hydrogens is 330 g/mol. The van der Waals surface area contributed by atoms with E-state index in [1.165, 1.54) is 5.56 Å². The van der Waals surface area contributed by atoms with Gasteiger partial charge in [0.05, 0.1) is 17.2 Å². The van der Waals surface area contributed by atoms with Crippen LogP contribution in [0.1, 0.15) is 24.1 Å². The maximum Gasteiger partial charge on any atom is 0.221 e. The van der Waals surface area contributed by atoms with Crippen LogP contribution in [0, 0.1) is 6.92 Å². The number of fused-ring (bicyclic) bond motifs is 1. The van der Waals surface area contributed by atoms with Crippen LogP contribution in [-0.2, 0) is 6.42 Å². The maximum absolute atomic E-state index is 10.9. The van der Waals surface area contributed by atoms with Crippen LogP contribution in [0.15, 0.2) is 52.7 Å². The van der Waals surface area contributed by atoms with E-state index in [0.29, 0.717) is 11.7 Å². The zero-order chi connectivity index (χ0) is 17.4. The molecule has 0 unspecified atom stereocenters. The molecule has 3 aromatic rings. The summed E-state index contributed by atoms with van der Waals surface area (Å²) in [6.07, 6.45) is 0.954. The largest absolute Gasteiger partial charge is 0.493 e. The van der Waals surface area contributed by atoms with Crippen molar-refractivity contribution in [2.45, 2.75) is 26.3 Å². The normalized spacial score (nSPS) is 15.1. The molecule has 0 spiro atoms. The van der Waals surface area contributed by atoms with E-state index in [1.54, 1.807) is 0 Å². The van der Waals surface area contributed by atoms with E-state index in [1.807, 2.05) is 47.5 Å². The van der Waals surface area contributed by atoms with Crippen LogP contribution in [-0.4, -0.2) is 21.2 Å². The van der Waals surface area contributed by atoms with Gasteiger partial charge in [-0.05, 0) is 42.7 Å². The van der Waals surface area contributed by atoms with E-state index in [2.05, 4.69) is 35.4 Å². The monoisotopic (exact) mass is 351 g/mol. The lowest BCUT2D eigenvalue weighted by atomic mass is 10.1. The zero-order valence-electron chi connectivity index (χ0n) is 14.4. The summed E-state index contributed by atoms with van der Waals surface area (Å²) in [5.74, 6) is 2.29. The minimum absolute atomic E-state index is 0.228. The molecule has 1 saturated heterocycles. The molecule has 0 bridgehead atoms. The highest BCUT2D eigenvalue weighted by atomic mass is 32.2. The molecule has 4 nitrogen and oxygen atoms in total. The van der Waals surface area contributed by atoms with Crippen molar-refractivity contribution >= 4 is 34.0 Å². The van der Waals surface area contributed by atoms with Crippen LogP contribution in [0.5, 0.6) is 5.88 Å². The zero-order valence-corrected chi connectivity index (χ0v) is 15.3. The Morgan fingerprint density at radius 1 is 1.16 bits per heavy atom. The highest BCUT2D eigenvalue weighted by molar-refractivity contribution is 8.00. The number of azo groups is 1. The first-order chi connectivity index (χ1) is 12.2. The minimum Gasteiger partial charge on any atom is -0.493 e. The van der Waals surface area contributed by atoms with E-state index < -0.39 is 0 Å². The predicted octanol–water partition coefficient (Wildman–Crippen LogP) is 5.92. The van der Waals surface area contributed by atoms with Gasteiger partial charge in [-0.15, -0.1) is 5.11 Å². The molecule has 4 rings (SSSR count).